The fourth-order valence-corrected chi connectivity index (χ4v) is 8.15. The third-order valence-electron chi connectivity index (χ3n) is 13.0. The Balaban J connectivity index is 0.000000266. The third-order valence-corrected chi connectivity index (χ3v) is 13.0. The standard InChI is InChI=1S/C32H30O9.C23H24O6.C17H14O7/c1-5-20-36-29(33)39-26-14-8-23(9-15-26)32(4,24-10-16-27(17-11-24)40-30(34)37-21-6-2)25-12-18-28(19-13-25)41-31(35)38-22-7-3;1-5-15-26-21(24)28-19-11-7-17(8-12-19)23(3,4)18-9-13-20(14-10-18)29-22(25)27-16-6-2;1-21-15(18)11-3-7-13(8-4-11)23-17(20)24-14-9-5-12(6-10-14)16(19)22-2/h5-19H,1-3,20-22H2,4H3;5-14H,1-2,15-16H2,3-4H3;3-10H,1-2H3. The van der Waals surface area contributed by atoms with Crippen molar-refractivity contribution in [2.24, 2.45) is 0 Å². The first-order valence-corrected chi connectivity index (χ1v) is 28.3. The molecule has 0 amide bonds. The van der Waals surface area contributed by atoms with Crippen molar-refractivity contribution in [1.82, 2.24) is 0 Å². The molecule has 22 nitrogen and oxygen atoms in total. The van der Waals surface area contributed by atoms with Crippen LogP contribution in [-0.2, 0) is 44.0 Å². The summed E-state index contributed by atoms with van der Waals surface area (Å²) in [5, 5.41) is 0. The van der Waals surface area contributed by atoms with Crippen molar-refractivity contribution in [3.05, 3.63) is 272 Å². The lowest BCUT2D eigenvalue weighted by atomic mass is 9.71. The first-order chi connectivity index (χ1) is 45.2. The molecule has 0 saturated carbocycles. The first kappa shape index (κ1) is 72.5. The van der Waals surface area contributed by atoms with Gasteiger partial charge in [0.05, 0.1) is 25.3 Å². The summed E-state index contributed by atoms with van der Waals surface area (Å²) in [6.45, 7) is 23.9. The van der Waals surface area contributed by atoms with E-state index in [1.54, 1.807) is 60.7 Å². The van der Waals surface area contributed by atoms with Gasteiger partial charge in [-0.3, -0.25) is 0 Å². The van der Waals surface area contributed by atoms with E-state index in [0.29, 0.717) is 39.9 Å². The van der Waals surface area contributed by atoms with E-state index in [4.69, 9.17) is 56.8 Å². The van der Waals surface area contributed by atoms with E-state index >= 15 is 0 Å². The summed E-state index contributed by atoms with van der Waals surface area (Å²) in [5.74, 6) is 1.11. The van der Waals surface area contributed by atoms with Gasteiger partial charge >= 0.3 is 48.9 Å². The van der Waals surface area contributed by atoms with Gasteiger partial charge in [-0.05, 0) is 144 Å². The highest BCUT2D eigenvalue weighted by Crippen LogP contribution is 2.41. The minimum Gasteiger partial charge on any atom is -0.465 e. The minimum atomic E-state index is -0.952. The van der Waals surface area contributed by atoms with Gasteiger partial charge in [0.15, 0.2) is 0 Å². The van der Waals surface area contributed by atoms with Crippen LogP contribution in [0.5, 0.6) is 40.2 Å². The van der Waals surface area contributed by atoms with Crippen molar-refractivity contribution in [2.45, 2.75) is 31.6 Å². The maximum absolute atomic E-state index is 11.8. The molecule has 488 valence electrons. The second-order valence-electron chi connectivity index (χ2n) is 19.6. The molecule has 0 aromatic heterocycles. The van der Waals surface area contributed by atoms with Crippen LogP contribution in [0.15, 0.2) is 233 Å². The monoisotopic (exact) mass is 1280 g/mol. The first-order valence-electron chi connectivity index (χ1n) is 28.3. The topological polar surface area (TPSA) is 266 Å². The summed E-state index contributed by atoms with van der Waals surface area (Å²) >= 11 is 0. The Labute approximate surface area is 542 Å². The maximum Gasteiger partial charge on any atom is 0.519 e. The molecular formula is C72H68O22. The number of esters is 2. The molecule has 0 N–H and O–H groups in total. The molecular weight excluding hydrogens is 1220 g/mol. The fourth-order valence-electron chi connectivity index (χ4n) is 8.15. The predicted octanol–water partition coefficient (Wildman–Crippen LogP) is 15.4. The fraction of sp³-hybridized carbons (Fsp3) is 0.167. The summed E-state index contributed by atoms with van der Waals surface area (Å²) in [7, 11) is 2.55. The summed E-state index contributed by atoms with van der Waals surface area (Å²) in [6.07, 6.45) is 2.22. The van der Waals surface area contributed by atoms with Crippen LogP contribution >= 0.6 is 0 Å². The van der Waals surface area contributed by atoms with Gasteiger partial charge in [0.1, 0.15) is 73.3 Å². The molecule has 0 aliphatic heterocycles. The normalized spacial score (nSPS) is 10.3. The van der Waals surface area contributed by atoms with Crippen LogP contribution < -0.4 is 33.2 Å². The van der Waals surface area contributed by atoms with Crippen molar-refractivity contribution < 1.29 is 105 Å². The smallest absolute Gasteiger partial charge is 0.465 e. The minimum absolute atomic E-state index is 0.0341. The quantitative estimate of drug-likeness (QED) is 0.0179. The number of carbonyl (C=O) groups excluding carboxylic acids is 8. The van der Waals surface area contributed by atoms with E-state index < -0.39 is 54.3 Å². The molecule has 0 aliphatic rings. The summed E-state index contributed by atoms with van der Waals surface area (Å²) in [4.78, 5) is 92.8. The van der Waals surface area contributed by atoms with Gasteiger partial charge < -0.3 is 66.3 Å². The zero-order valence-corrected chi connectivity index (χ0v) is 52.1. The van der Waals surface area contributed by atoms with Crippen molar-refractivity contribution >= 4 is 48.9 Å². The number of carbonyl (C=O) groups is 8. The van der Waals surface area contributed by atoms with Gasteiger partial charge in [-0.2, -0.15) is 0 Å². The van der Waals surface area contributed by atoms with Crippen LogP contribution in [0.3, 0.4) is 0 Å². The molecule has 0 bridgehead atoms. The number of methoxy groups -OCH3 is 2. The molecule has 0 spiro atoms. The van der Waals surface area contributed by atoms with E-state index in [1.165, 1.54) is 93.1 Å². The van der Waals surface area contributed by atoms with Crippen LogP contribution in [0.1, 0.15) is 69.3 Å². The van der Waals surface area contributed by atoms with Gasteiger partial charge in [0, 0.05) is 10.8 Å². The van der Waals surface area contributed by atoms with Crippen LogP contribution in [0.4, 0.5) is 28.8 Å². The Morgan fingerprint density at radius 2 is 0.468 bits per heavy atom. The molecule has 0 heterocycles. The molecule has 0 saturated heterocycles. The molecule has 7 aromatic rings. The molecule has 0 radical (unpaired) electrons. The molecule has 22 heteroatoms. The Bertz CT molecular complexity index is 3400. The van der Waals surface area contributed by atoms with E-state index in [0.717, 1.165) is 27.8 Å². The molecule has 0 fully saturated rings. The summed E-state index contributed by atoms with van der Waals surface area (Å²) in [6, 6.07) is 46.8. The van der Waals surface area contributed by atoms with Gasteiger partial charge in [-0.15, -0.1) is 0 Å². The summed E-state index contributed by atoms with van der Waals surface area (Å²) in [5.41, 5.74) is 4.17. The van der Waals surface area contributed by atoms with Gasteiger partial charge in [-0.1, -0.05) is 138 Å². The van der Waals surface area contributed by atoms with Crippen LogP contribution in [0.2, 0.25) is 0 Å². The lowest BCUT2D eigenvalue weighted by Gasteiger charge is -2.32. The van der Waals surface area contributed by atoms with E-state index in [1.807, 2.05) is 67.6 Å². The molecule has 94 heavy (non-hydrogen) atoms. The summed E-state index contributed by atoms with van der Waals surface area (Å²) < 4.78 is 69.1. The van der Waals surface area contributed by atoms with E-state index in [9.17, 15) is 38.4 Å². The molecule has 7 rings (SSSR count). The van der Waals surface area contributed by atoms with Crippen LogP contribution in [-0.4, -0.2) is 96.1 Å². The van der Waals surface area contributed by atoms with Crippen LogP contribution in [0, 0.1) is 0 Å². The average Bonchev–Trinajstić information content (AvgIpc) is 0.774. The SMILES string of the molecule is C=CCOC(=O)Oc1ccc(C(C)(C)c2ccc(OC(=O)OCC=C)cc2)cc1.C=CCOC(=O)Oc1ccc(C(C)(c2ccc(OC(=O)OCC=C)cc2)c2ccc(OC(=O)OCC=C)cc2)cc1.COC(=O)c1ccc(OC(=O)Oc2ccc(C(=O)OC)cc2)cc1. The second-order valence-corrected chi connectivity index (χ2v) is 19.6. The van der Waals surface area contributed by atoms with E-state index in [2.05, 4.69) is 56.2 Å². The Morgan fingerprint density at radius 1 is 0.287 bits per heavy atom. The molecule has 0 unspecified atom stereocenters. The largest absolute Gasteiger partial charge is 0.519 e. The number of hydrogen-bond acceptors (Lipinski definition) is 22. The second kappa shape index (κ2) is 37.1. The lowest BCUT2D eigenvalue weighted by Crippen LogP contribution is -2.25. The predicted molar refractivity (Wildman–Crippen MR) is 343 cm³/mol. The highest BCUT2D eigenvalue weighted by Gasteiger charge is 2.32. The van der Waals surface area contributed by atoms with Crippen molar-refractivity contribution in [3.63, 3.8) is 0 Å². The third kappa shape index (κ3) is 22.7. The molecule has 7 aromatic carbocycles. The zero-order valence-electron chi connectivity index (χ0n) is 52.1. The maximum atomic E-state index is 11.8. The highest BCUT2D eigenvalue weighted by molar-refractivity contribution is 5.90. The zero-order chi connectivity index (χ0) is 68.5. The highest BCUT2D eigenvalue weighted by atomic mass is 16.8. The average molecular weight is 1290 g/mol. The molecule has 0 aliphatic carbocycles. The Kier molecular flexibility index (Phi) is 28.6. The van der Waals surface area contributed by atoms with Crippen molar-refractivity contribution in [1.29, 1.82) is 0 Å². The van der Waals surface area contributed by atoms with Crippen LogP contribution in [0.25, 0.3) is 0 Å². The van der Waals surface area contributed by atoms with Gasteiger partial charge in [-0.25, -0.2) is 38.4 Å². The number of benzene rings is 7. The number of hydrogen-bond donors (Lipinski definition) is 0. The van der Waals surface area contributed by atoms with Gasteiger partial charge in [0.2, 0.25) is 0 Å². The number of ether oxygens (including phenoxy) is 14. The van der Waals surface area contributed by atoms with E-state index in [-0.39, 0.29) is 49.9 Å². The molecule has 0 atom stereocenters. The Hall–Kier alpha value is -12.2. The number of rotatable bonds is 24. The van der Waals surface area contributed by atoms with Gasteiger partial charge in [0.25, 0.3) is 0 Å². The van der Waals surface area contributed by atoms with Crippen molar-refractivity contribution in [2.75, 3.05) is 47.3 Å². The lowest BCUT2D eigenvalue weighted by molar-refractivity contribution is 0.0592. The van der Waals surface area contributed by atoms with Crippen molar-refractivity contribution in [3.8, 4) is 40.2 Å². The Morgan fingerprint density at radius 3 is 0.660 bits per heavy atom.